The highest BCUT2D eigenvalue weighted by Gasteiger charge is 2.18. The van der Waals surface area contributed by atoms with Crippen LogP contribution >= 0.6 is 0 Å². The Kier molecular flexibility index (Phi) is 4.75. The molecule has 0 radical (unpaired) electrons. The normalized spacial score (nSPS) is 10.7. The van der Waals surface area contributed by atoms with Gasteiger partial charge in [-0.15, -0.1) is 0 Å². The molecule has 0 aliphatic rings. The summed E-state index contributed by atoms with van der Waals surface area (Å²) in [5.41, 5.74) is 4.08. The number of amides is 1. The Labute approximate surface area is 152 Å². The molecule has 6 nitrogen and oxygen atoms in total. The van der Waals surface area contributed by atoms with E-state index < -0.39 is 0 Å². The maximum absolute atomic E-state index is 12.8. The Morgan fingerprint density at radius 1 is 0.962 bits per heavy atom. The molecule has 0 spiro atoms. The number of benzene rings is 2. The lowest BCUT2D eigenvalue weighted by molar-refractivity contribution is 0.102. The summed E-state index contributed by atoms with van der Waals surface area (Å²) in [6.07, 6.45) is 0. The highest BCUT2D eigenvalue weighted by Crippen LogP contribution is 2.40. The van der Waals surface area contributed by atoms with Crippen LogP contribution in [-0.4, -0.2) is 32.2 Å². The minimum absolute atomic E-state index is 0.231. The van der Waals surface area contributed by atoms with Crippen LogP contribution < -0.4 is 19.5 Å². The summed E-state index contributed by atoms with van der Waals surface area (Å²) in [5, 5.41) is 3.93. The van der Waals surface area contributed by atoms with Crippen molar-refractivity contribution in [2.75, 3.05) is 26.6 Å². The molecule has 0 fully saturated rings. The van der Waals surface area contributed by atoms with Crippen LogP contribution in [0.5, 0.6) is 17.2 Å². The number of methoxy groups -OCH3 is 3. The summed E-state index contributed by atoms with van der Waals surface area (Å²) in [5.74, 6) is 1.20. The zero-order valence-electron chi connectivity index (χ0n) is 15.5. The second kappa shape index (κ2) is 7.00. The number of aromatic nitrogens is 1. The molecule has 0 unspecified atom stereocenters. The number of anilines is 1. The Morgan fingerprint density at radius 2 is 1.62 bits per heavy atom. The average Bonchev–Trinajstić information content (AvgIpc) is 2.97. The lowest BCUT2D eigenvalue weighted by Crippen LogP contribution is -2.14. The number of nitrogens with one attached hydrogen (secondary N) is 2. The van der Waals surface area contributed by atoms with E-state index in [9.17, 15) is 4.79 Å². The monoisotopic (exact) mass is 354 g/mol. The van der Waals surface area contributed by atoms with Crippen molar-refractivity contribution in [2.24, 2.45) is 0 Å². The average molecular weight is 354 g/mol. The number of carbonyl (C=O) groups excluding carboxylic acids is 1. The Bertz CT molecular complexity index is 950. The van der Waals surface area contributed by atoms with Gasteiger partial charge in [-0.25, -0.2) is 0 Å². The molecule has 2 N–H and O–H groups in total. The third-order valence-electron chi connectivity index (χ3n) is 4.36. The van der Waals surface area contributed by atoms with Gasteiger partial charge in [0.25, 0.3) is 5.91 Å². The van der Waals surface area contributed by atoms with Gasteiger partial charge in [-0.1, -0.05) is 11.6 Å². The molecule has 0 bridgehead atoms. The molecule has 0 saturated carbocycles. The standard InChI is InChI=1S/C20H22N2O4/c1-11-6-7-15-14(8-11)12(2)18(22-15)20(23)21-13-9-16(24-3)19(26-5)17(10-13)25-4/h6-10,22H,1-5H3,(H,21,23). The van der Waals surface area contributed by atoms with Gasteiger partial charge < -0.3 is 24.5 Å². The van der Waals surface area contributed by atoms with Gasteiger partial charge in [0.1, 0.15) is 5.69 Å². The third kappa shape index (κ3) is 3.06. The van der Waals surface area contributed by atoms with E-state index in [2.05, 4.69) is 16.4 Å². The molecule has 1 aromatic heterocycles. The van der Waals surface area contributed by atoms with Crippen molar-refractivity contribution in [2.45, 2.75) is 13.8 Å². The number of aryl methyl sites for hydroxylation is 2. The topological polar surface area (TPSA) is 72.6 Å². The van der Waals surface area contributed by atoms with Crippen molar-refractivity contribution >= 4 is 22.5 Å². The van der Waals surface area contributed by atoms with Crippen LogP contribution in [0.25, 0.3) is 10.9 Å². The first-order chi connectivity index (χ1) is 12.5. The molecule has 0 aliphatic carbocycles. The Hall–Kier alpha value is -3.15. The molecule has 3 aromatic rings. The van der Waals surface area contributed by atoms with Crippen molar-refractivity contribution in [3.8, 4) is 17.2 Å². The van der Waals surface area contributed by atoms with Crippen LogP contribution in [0.1, 0.15) is 21.6 Å². The third-order valence-corrected chi connectivity index (χ3v) is 4.36. The number of aromatic amines is 1. The first-order valence-electron chi connectivity index (χ1n) is 8.18. The minimum Gasteiger partial charge on any atom is -0.493 e. The van der Waals surface area contributed by atoms with Crippen molar-refractivity contribution < 1.29 is 19.0 Å². The van der Waals surface area contributed by atoms with Gasteiger partial charge in [0, 0.05) is 28.7 Å². The lowest BCUT2D eigenvalue weighted by Gasteiger charge is -2.14. The second-order valence-corrected chi connectivity index (χ2v) is 6.04. The number of hydrogen-bond acceptors (Lipinski definition) is 4. The van der Waals surface area contributed by atoms with Gasteiger partial charge in [0.2, 0.25) is 5.75 Å². The van der Waals surface area contributed by atoms with Crippen molar-refractivity contribution in [1.29, 1.82) is 0 Å². The van der Waals surface area contributed by atoms with E-state index in [0.717, 1.165) is 22.0 Å². The minimum atomic E-state index is -0.231. The summed E-state index contributed by atoms with van der Waals surface area (Å²) < 4.78 is 16.0. The molecular weight excluding hydrogens is 332 g/mol. The van der Waals surface area contributed by atoms with Crippen molar-refractivity contribution in [3.05, 3.63) is 47.2 Å². The molecular formula is C20H22N2O4. The molecule has 1 amide bonds. The lowest BCUT2D eigenvalue weighted by atomic mass is 10.1. The van der Waals surface area contributed by atoms with Crippen molar-refractivity contribution in [3.63, 3.8) is 0 Å². The number of hydrogen-bond donors (Lipinski definition) is 2. The number of ether oxygens (including phenoxy) is 3. The fourth-order valence-electron chi connectivity index (χ4n) is 3.01. The van der Waals surface area contributed by atoms with Gasteiger partial charge >= 0.3 is 0 Å². The van der Waals surface area contributed by atoms with Crippen LogP contribution in [-0.2, 0) is 0 Å². The van der Waals surface area contributed by atoms with Gasteiger partial charge in [-0.2, -0.15) is 0 Å². The van der Waals surface area contributed by atoms with E-state index in [1.54, 1.807) is 12.1 Å². The van der Waals surface area contributed by atoms with Crippen LogP contribution in [0.15, 0.2) is 30.3 Å². The van der Waals surface area contributed by atoms with Crippen LogP contribution in [0.2, 0.25) is 0 Å². The Morgan fingerprint density at radius 3 is 2.19 bits per heavy atom. The zero-order chi connectivity index (χ0) is 18.8. The SMILES string of the molecule is COc1cc(NC(=O)c2[nH]c3ccc(C)cc3c2C)cc(OC)c1OC. The summed E-state index contributed by atoms with van der Waals surface area (Å²) in [4.78, 5) is 16.0. The maximum atomic E-state index is 12.8. The summed E-state index contributed by atoms with van der Waals surface area (Å²) in [7, 11) is 4.61. The number of rotatable bonds is 5. The number of H-pyrrole nitrogens is 1. The van der Waals surface area contributed by atoms with Gasteiger partial charge in [0.05, 0.1) is 21.3 Å². The van der Waals surface area contributed by atoms with E-state index in [4.69, 9.17) is 14.2 Å². The summed E-state index contributed by atoms with van der Waals surface area (Å²) in [6.45, 7) is 3.96. The first kappa shape index (κ1) is 17.7. The van der Waals surface area contributed by atoms with E-state index >= 15 is 0 Å². The number of carbonyl (C=O) groups is 1. The van der Waals surface area contributed by atoms with E-state index in [0.29, 0.717) is 28.6 Å². The number of fused-ring (bicyclic) bond motifs is 1. The van der Waals surface area contributed by atoms with Gasteiger partial charge in [-0.3, -0.25) is 4.79 Å². The zero-order valence-corrected chi connectivity index (χ0v) is 15.5. The molecule has 1 heterocycles. The fourth-order valence-corrected chi connectivity index (χ4v) is 3.01. The molecule has 2 aromatic carbocycles. The second-order valence-electron chi connectivity index (χ2n) is 6.04. The van der Waals surface area contributed by atoms with E-state index in [1.807, 2.05) is 26.0 Å². The van der Waals surface area contributed by atoms with E-state index in [1.165, 1.54) is 21.3 Å². The molecule has 6 heteroatoms. The van der Waals surface area contributed by atoms with Crippen LogP contribution in [0, 0.1) is 13.8 Å². The Balaban J connectivity index is 1.97. The van der Waals surface area contributed by atoms with Gasteiger partial charge in [0.15, 0.2) is 11.5 Å². The fraction of sp³-hybridized carbons (Fsp3) is 0.250. The predicted octanol–water partition coefficient (Wildman–Crippen LogP) is 4.06. The summed E-state index contributed by atoms with van der Waals surface area (Å²) in [6, 6.07) is 9.45. The molecule has 0 saturated heterocycles. The smallest absolute Gasteiger partial charge is 0.272 e. The van der Waals surface area contributed by atoms with Crippen molar-refractivity contribution in [1.82, 2.24) is 4.98 Å². The van der Waals surface area contributed by atoms with Crippen LogP contribution in [0.4, 0.5) is 5.69 Å². The highest BCUT2D eigenvalue weighted by molar-refractivity contribution is 6.08. The highest BCUT2D eigenvalue weighted by atomic mass is 16.5. The predicted molar refractivity (Wildman–Crippen MR) is 102 cm³/mol. The molecule has 0 atom stereocenters. The molecule has 3 rings (SSSR count). The molecule has 136 valence electrons. The quantitative estimate of drug-likeness (QED) is 0.725. The first-order valence-corrected chi connectivity index (χ1v) is 8.18. The van der Waals surface area contributed by atoms with Gasteiger partial charge in [-0.05, 0) is 31.5 Å². The van der Waals surface area contributed by atoms with Crippen LogP contribution in [0.3, 0.4) is 0 Å². The molecule has 0 aliphatic heterocycles. The largest absolute Gasteiger partial charge is 0.493 e. The molecule has 26 heavy (non-hydrogen) atoms. The summed E-state index contributed by atoms with van der Waals surface area (Å²) >= 11 is 0. The maximum Gasteiger partial charge on any atom is 0.272 e. The van der Waals surface area contributed by atoms with E-state index in [-0.39, 0.29) is 5.91 Å².